The minimum absolute atomic E-state index is 0.0395. The van der Waals surface area contributed by atoms with Crippen molar-refractivity contribution in [2.75, 3.05) is 6.61 Å². The third-order valence-corrected chi connectivity index (χ3v) is 8.68. The summed E-state index contributed by atoms with van der Waals surface area (Å²) in [6.45, 7) is 11.5. The van der Waals surface area contributed by atoms with Crippen LogP contribution in [0, 0.1) is 23.5 Å². The van der Waals surface area contributed by atoms with Crippen LogP contribution in [0.3, 0.4) is 0 Å². The van der Waals surface area contributed by atoms with Gasteiger partial charge >= 0.3 is 0 Å². The molecule has 1 saturated carbocycles. The summed E-state index contributed by atoms with van der Waals surface area (Å²) >= 11 is 0. The van der Waals surface area contributed by atoms with Gasteiger partial charge in [-0.25, -0.2) is 8.78 Å². The second kappa shape index (κ2) is 12.9. The number of aryl methyl sites for hydroxylation is 2. The molecule has 0 amide bonds. The zero-order valence-electron chi connectivity index (χ0n) is 23.9. The molecule has 0 spiro atoms. The minimum Gasteiger partial charge on any atom is -0.493 e. The maximum Gasteiger partial charge on any atom is 0.134 e. The Bertz CT molecular complexity index is 1150. The summed E-state index contributed by atoms with van der Waals surface area (Å²) in [6.07, 6.45) is 8.62. The van der Waals surface area contributed by atoms with Gasteiger partial charge < -0.3 is 4.74 Å². The van der Waals surface area contributed by atoms with Crippen molar-refractivity contribution in [1.29, 1.82) is 0 Å². The van der Waals surface area contributed by atoms with E-state index in [0.29, 0.717) is 29.6 Å². The predicted molar refractivity (Wildman–Crippen MR) is 156 cm³/mol. The first kappa shape index (κ1) is 28.3. The molecule has 38 heavy (non-hydrogen) atoms. The van der Waals surface area contributed by atoms with E-state index in [1.807, 2.05) is 24.3 Å². The lowest BCUT2D eigenvalue weighted by atomic mass is 9.79. The molecule has 0 aliphatic heterocycles. The van der Waals surface area contributed by atoms with Gasteiger partial charge in [-0.05, 0) is 101 Å². The quantitative estimate of drug-likeness (QED) is 0.259. The number of benzene rings is 3. The first-order valence-corrected chi connectivity index (χ1v) is 14.8. The molecule has 3 heteroatoms. The van der Waals surface area contributed by atoms with E-state index in [0.717, 1.165) is 54.0 Å². The molecule has 1 nitrogen and oxygen atoms in total. The smallest absolute Gasteiger partial charge is 0.134 e. The van der Waals surface area contributed by atoms with Crippen LogP contribution in [0.2, 0.25) is 0 Å². The van der Waals surface area contributed by atoms with E-state index >= 15 is 8.78 Å². The Morgan fingerprint density at radius 3 is 1.79 bits per heavy atom. The third kappa shape index (κ3) is 6.30. The van der Waals surface area contributed by atoms with Crippen LogP contribution in [0.15, 0.2) is 48.5 Å². The Morgan fingerprint density at radius 1 is 0.737 bits per heavy atom. The average Bonchev–Trinajstić information content (AvgIpc) is 2.93. The number of ether oxygens (including phenoxy) is 1. The Hall–Kier alpha value is -2.68. The summed E-state index contributed by atoms with van der Waals surface area (Å²) in [6, 6.07) is 15.1. The van der Waals surface area contributed by atoms with Crippen LogP contribution in [0.5, 0.6) is 5.75 Å². The Balaban J connectivity index is 1.61. The highest BCUT2D eigenvalue weighted by molar-refractivity contribution is 5.73. The molecule has 204 valence electrons. The number of hydrogen-bond donors (Lipinski definition) is 0. The average molecular weight is 519 g/mol. The monoisotopic (exact) mass is 518 g/mol. The summed E-state index contributed by atoms with van der Waals surface area (Å²) < 4.78 is 37.4. The molecule has 3 aromatic rings. The normalized spacial score (nSPS) is 17.7. The van der Waals surface area contributed by atoms with E-state index in [4.69, 9.17) is 4.74 Å². The van der Waals surface area contributed by atoms with Crippen molar-refractivity contribution in [3.63, 3.8) is 0 Å². The standard InChI is InChI=1S/C35H44F2O/c1-6-24(7-2)22-38-35-25(8-3)18-31(19-26(35)9-4)34-32(36)20-30(21-33(34)37)29-16-14-28(15-17-29)27-12-10-23(5)11-13-27/h14-21,23-24,27H,6-13,22H2,1-5H3. The van der Waals surface area contributed by atoms with Gasteiger partial charge in [0.25, 0.3) is 0 Å². The topological polar surface area (TPSA) is 9.23 Å². The van der Waals surface area contributed by atoms with Gasteiger partial charge in [-0.2, -0.15) is 0 Å². The van der Waals surface area contributed by atoms with Crippen LogP contribution in [0.4, 0.5) is 8.78 Å². The zero-order valence-corrected chi connectivity index (χ0v) is 23.9. The van der Waals surface area contributed by atoms with Gasteiger partial charge in [0.2, 0.25) is 0 Å². The van der Waals surface area contributed by atoms with Crippen LogP contribution in [-0.2, 0) is 12.8 Å². The highest BCUT2D eigenvalue weighted by Gasteiger charge is 2.21. The van der Waals surface area contributed by atoms with E-state index in [-0.39, 0.29) is 5.56 Å². The van der Waals surface area contributed by atoms with Gasteiger partial charge in [-0.3, -0.25) is 0 Å². The first-order chi connectivity index (χ1) is 18.4. The van der Waals surface area contributed by atoms with Crippen molar-refractivity contribution in [3.8, 4) is 28.0 Å². The van der Waals surface area contributed by atoms with E-state index < -0.39 is 11.6 Å². The minimum atomic E-state index is -0.528. The maximum absolute atomic E-state index is 15.5. The van der Waals surface area contributed by atoms with Crippen LogP contribution >= 0.6 is 0 Å². The summed E-state index contributed by atoms with van der Waals surface area (Å²) in [4.78, 5) is 0. The third-order valence-electron chi connectivity index (χ3n) is 8.68. The lowest BCUT2D eigenvalue weighted by molar-refractivity contribution is 0.237. The van der Waals surface area contributed by atoms with Crippen LogP contribution in [0.1, 0.15) is 95.8 Å². The van der Waals surface area contributed by atoms with Crippen molar-refractivity contribution in [2.24, 2.45) is 11.8 Å². The molecule has 3 aromatic carbocycles. The van der Waals surface area contributed by atoms with Crippen LogP contribution < -0.4 is 4.74 Å². The Kier molecular flexibility index (Phi) is 9.63. The van der Waals surface area contributed by atoms with Gasteiger partial charge in [0, 0.05) is 0 Å². The second-order valence-electron chi connectivity index (χ2n) is 11.2. The summed E-state index contributed by atoms with van der Waals surface area (Å²) in [5.74, 6) is 1.75. The molecule has 0 unspecified atom stereocenters. The fraction of sp³-hybridized carbons (Fsp3) is 0.486. The van der Waals surface area contributed by atoms with Gasteiger partial charge in [-0.15, -0.1) is 0 Å². The molecular weight excluding hydrogens is 474 g/mol. The number of halogens is 2. The van der Waals surface area contributed by atoms with Crippen molar-refractivity contribution in [2.45, 2.75) is 91.9 Å². The highest BCUT2D eigenvalue weighted by atomic mass is 19.1. The molecule has 1 aliphatic rings. The molecule has 0 saturated heterocycles. The maximum atomic E-state index is 15.5. The fourth-order valence-corrected chi connectivity index (χ4v) is 5.89. The molecule has 1 fully saturated rings. The summed E-state index contributed by atoms with van der Waals surface area (Å²) in [5, 5.41) is 0. The molecule has 0 aromatic heterocycles. The van der Waals surface area contributed by atoms with E-state index in [1.54, 1.807) is 0 Å². The lowest BCUT2D eigenvalue weighted by Gasteiger charge is -2.26. The lowest BCUT2D eigenvalue weighted by Crippen LogP contribution is -2.12. The number of rotatable bonds is 10. The number of hydrogen-bond acceptors (Lipinski definition) is 1. The van der Waals surface area contributed by atoms with E-state index in [2.05, 4.69) is 46.8 Å². The first-order valence-electron chi connectivity index (χ1n) is 14.8. The van der Waals surface area contributed by atoms with Crippen molar-refractivity contribution < 1.29 is 13.5 Å². The molecule has 0 radical (unpaired) electrons. The van der Waals surface area contributed by atoms with Gasteiger partial charge in [0.1, 0.15) is 17.4 Å². The summed E-state index contributed by atoms with van der Waals surface area (Å²) in [7, 11) is 0. The summed E-state index contributed by atoms with van der Waals surface area (Å²) in [5.41, 5.74) is 5.38. The molecule has 0 atom stereocenters. The Labute approximate surface area is 228 Å². The van der Waals surface area contributed by atoms with Crippen LogP contribution in [0.25, 0.3) is 22.3 Å². The molecule has 0 heterocycles. The highest BCUT2D eigenvalue weighted by Crippen LogP contribution is 2.38. The van der Waals surface area contributed by atoms with E-state index in [9.17, 15) is 0 Å². The molecule has 0 bridgehead atoms. The van der Waals surface area contributed by atoms with Crippen molar-refractivity contribution >= 4 is 0 Å². The predicted octanol–water partition coefficient (Wildman–Crippen LogP) is 10.5. The Morgan fingerprint density at radius 2 is 1.29 bits per heavy atom. The van der Waals surface area contributed by atoms with Crippen LogP contribution in [-0.4, -0.2) is 6.61 Å². The van der Waals surface area contributed by atoms with Crippen molar-refractivity contribution in [1.82, 2.24) is 0 Å². The molecular formula is C35H44F2O. The molecule has 0 N–H and O–H groups in total. The zero-order chi connectivity index (χ0) is 27.2. The largest absolute Gasteiger partial charge is 0.493 e. The van der Waals surface area contributed by atoms with Gasteiger partial charge in [0.05, 0.1) is 12.2 Å². The fourth-order valence-electron chi connectivity index (χ4n) is 5.89. The SMILES string of the molecule is CCc1cc(-c2c(F)cc(-c3ccc(C4CCC(C)CC4)cc3)cc2F)cc(CC)c1OCC(CC)CC. The van der Waals surface area contributed by atoms with Gasteiger partial charge in [-0.1, -0.05) is 84.6 Å². The second-order valence-corrected chi connectivity index (χ2v) is 11.2. The van der Waals surface area contributed by atoms with E-state index in [1.165, 1.54) is 43.4 Å². The van der Waals surface area contributed by atoms with Crippen molar-refractivity contribution in [3.05, 3.63) is 76.9 Å². The van der Waals surface area contributed by atoms with Gasteiger partial charge in [0.15, 0.2) is 0 Å². The molecule has 1 aliphatic carbocycles. The molecule has 4 rings (SSSR count).